The van der Waals surface area contributed by atoms with Crippen LogP contribution >= 0.6 is 0 Å². The maximum absolute atomic E-state index is 15.8. The first kappa shape index (κ1) is 9.68. The number of hydrogen-bond donors (Lipinski definition) is 0. The van der Waals surface area contributed by atoms with E-state index >= 15 is 8.78 Å². The Morgan fingerprint density at radius 2 is 1.42 bits per heavy atom. The summed E-state index contributed by atoms with van der Waals surface area (Å²) >= 11 is 0. The fourth-order valence-corrected chi connectivity index (χ4v) is 148. The normalized spacial score (nSPS) is 87.8. The monoisotopic (exact) mass is 355 g/mol. The molecule has 4 unspecified atom stereocenters. The Bertz CT molecular complexity index is 1430. The summed E-state index contributed by atoms with van der Waals surface area (Å²) in [5.41, 5.74) is 1.19. The Morgan fingerprint density at radius 1 is 0.833 bits per heavy atom. The van der Waals surface area contributed by atoms with Gasteiger partial charge >= 0.3 is 124 Å². The van der Waals surface area contributed by atoms with Gasteiger partial charge in [0.25, 0.3) is 0 Å². The molecular formula is C20H15F2NTi. The van der Waals surface area contributed by atoms with E-state index in [0.717, 1.165) is 38.0 Å². The van der Waals surface area contributed by atoms with Crippen molar-refractivity contribution in [2.24, 2.45) is 0 Å². The van der Waals surface area contributed by atoms with Gasteiger partial charge in [-0.15, -0.1) is 0 Å². The average Bonchev–Trinajstić information content (AvgIpc) is 3.47. The Morgan fingerprint density at radius 3 is 1.88 bits per heavy atom. The summed E-state index contributed by atoms with van der Waals surface area (Å²) in [6, 6.07) is 7.04. The maximum atomic E-state index is 15.8. The first-order chi connectivity index (χ1) is 11.5. The van der Waals surface area contributed by atoms with E-state index in [4.69, 9.17) is 0 Å². The molecule has 0 N–H and O–H groups in total. The van der Waals surface area contributed by atoms with Crippen LogP contribution in [0.5, 0.6) is 0 Å². The van der Waals surface area contributed by atoms with E-state index in [2.05, 4.69) is 0 Å². The van der Waals surface area contributed by atoms with Gasteiger partial charge in [0.2, 0.25) is 0 Å². The van der Waals surface area contributed by atoms with Crippen LogP contribution in [-0.4, -0.2) is 4.57 Å². The molecule has 10 fully saturated rings. The van der Waals surface area contributed by atoms with E-state index in [9.17, 15) is 0 Å². The summed E-state index contributed by atoms with van der Waals surface area (Å²) in [6.07, 6.45) is 3.75. The zero-order valence-electron chi connectivity index (χ0n) is 12.9. The van der Waals surface area contributed by atoms with Crippen molar-refractivity contribution in [3.05, 3.63) is 53.9 Å². The number of nitrogens with zero attached hydrogens (tertiary/aromatic N) is 1. The number of fused-ring (bicyclic) bond motifs is 10. The van der Waals surface area contributed by atoms with Crippen molar-refractivity contribution in [1.82, 2.24) is 4.57 Å². The fourth-order valence-electron chi connectivity index (χ4n) is 26.2. The van der Waals surface area contributed by atoms with Crippen molar-refractivity contribution in [3.8, 4) is 5.69 Å². The van der Waals surface area contributed by atoms with Gasteiger partial charge in [-0.2, -0.15) is 0 Å². The third-order valence-electron chi connectivity index (χ3n) is 22.6. The van der Waals surface area contributed by atoms with Crippen LogP contribution in [-0.2, 0) is 12.6 Å². The third kappa shape index (κ3) is 0.140. The number of benzene rings is 1. The summed E-state index contributed by atoms with van der Waals surface area (Å²) in [5.74, 6) is -0.408. The molecule has 118 valence electrons. The number of halogens is 2. The first-order valence-electron chi connectivity index (χ1n) is 10.1. The minimum absolute atomic E-state index is 0.160. The van der Waals surface area contributed by atoms with Crippen molar-refractivity contribution in [2.45, 2.75) is 41.7 Å². The van der Waals surface area contributed by atoms with Gasteiger partial charge in [-0.1, -0.05) is 0 Å². The van der Waals surface area contributed by atoms with E-state index in [1.165, 1.54) is 0 Å². The van der Waals surface area contributed by atoms with Gasteiger partial charge in [-0.3, -0.25) is 0 Å². The van der Waals surface area contributed by atoms with Crippen LogP contribution in [0, 0.1) is 11.6 Å². The van der Waals surface area contributed by atoms with Crippen LogP contribution in [0.1, 0.15) is 5.56 Å². The van der Waals surface area contributed by atoms with E-state index in [1.807, 2.05) is 29.1 Å². The second-order valence-electron chi connectivity index (χ2n) is 15.6. The second-order valence-corrected chi connectivity index (χ2v) is 49.0. The molecule has 1 aromatic carbocycles. The Balaban J connectivity index is 1.33. The molecule has 0 aliphatic carbocycles. The number of rotatable bonds is 2. The number of hydrogen-bond acceptors (Lipinski definition) is 0. The van der Waals surface area contributed by atoms with E-state index in [-0.39, 0.29) is 15.4 Å². The van der Waals surface area contributed by atoms with Crippen LogP contribution in [0.3, 0.4) is 0 Å². The molecule has 1 spiro atoms. The van der Waals surface area contributed by atoms with Gasteiger partial charge in [0, 0.05) is 0 Å². The SMILES string of the molecule is Fc1ccc(-n2cccc2)c(F)c1[C]12[CH]3[CH]4[CH]5[CH]1[Ti]45321678[CH]2[CH]1[CH]6[CH]7[CH]28. The molecule has 0 bridgehead atoms. The van der Waals surface area contributed by atoms with Crippen LogP contribution < -0.4 is 0 Å². The van der Waals surface area contributed by atoms with Gasteiger partial charge in [0.05, 0.1) is 0 Å². The van der Waals surface area contributed by atoms with Gasteiger partial charge in [0.15, 0.2) is 0 Å². The number of aromatic nitrogens is 1. The topological polar surface area (TPSA) is 4.93 Å². The molecule has 10 saturated heterocycles. The molecule has 4 heteroatoms. The van der Waals surface area contributed by atoms with Crippen molar-refractivity contribution in [1.29, 1.82) is 0 Å². The summed E-state index contributed by atoms with van der Waals surface area (Å²) in [4.78, 5) is 0. The molecular weight excluding hydrogens is 340 g/mol. The molecule has 0 radical (unpaired) electrons. The van der Waals surface area contributed by atoms with Crippen LogP contribution in [0.4, 0.5) is 8.78 Å². The van der Waals surface area contributed by atoms with Crippen molar-refractivity contribution in [2.75, 3.05) is 0 Å². The third-order valence-corrected chi connectivity index (χ3v) is 82.5. The molecule has 4 atom stereocenters. The van der Waals surface area contributed by atoms with Crippen molar-refractivity contribution >= 4 is 0 Å². The summed E-state index contributed by atoms with van der Waals surface area (Å²) in [6.45, 7) is 0. The molecule has 0 saturated carbocycles. The van der Waals surface area contributed by atoms with Gasteiger partial charge in [-0.05, 0) is 0 Å². The summed E-state index contributed by atoms with van der Waals surface area (Å²) in [5, 5.41) is 0. The van der Waals surface area contributed by atoms with Crippen LogP contribution in [0.25, 0.3) is 5.69 Å². The molecule has 24 heavy (non-hydrogen) atoms. The molecule has 1 aromatic heterocycles. The average molecular weight is 355 g/mol. The quantitative estimate of drug-likeness (QED) is 0.623. The second kappa shape index (κ2) is 1.02. The summed E-state index contributed by atoms with van der Waals surface area (Å²) in [7, 11) is -3.94. The fraction of sp³-hybridized carbons (Fsp3) is 0.500. The van der Waals surface area contributed by atoms with Crippen LogP contribution in [0.15, 0.2) is 36.7 Å². The summed E-state index contributed by atoms with van der Waals surface area (Å²) < 4.78 is 42.5. The Hall–Kier alpha value is -0.926. The Kier molecular flexibility index (Phi) is 0.411. The van der Waals surface area contributed by atoms with Crippen LogP contribution in [0.2, 0.25) is 38.0 Å². The first-order valence-corrected chi connectivity index (χ1v) is 19.0. The predicted octanol–water partition coefficient (Wildman–Crippen LogP) is 5.55. The van der Waals surface area contributed by atoms with E-state index in [1.54, 1.807) is 12.1 Å². The Labute approximate surface area is 123 Å². The van der Waals surface area contributed by atoms with Gasteiger partial charge < -0.3 is 0 Å². The van der Waals surface area contributed by atoms with Gasteiger partial charge in [-0.25, -0.2) is 0 Å². The van der Waals surface area contributed by atoms with Crippen molar-refractivity contribution in [3.63, 3.8) is 0 Å². The molecule has 12 rings (SSSR count). The molecule has 10 aliphatic heterocycles. The van der Waals surface area contributed by atoms with E-state index in [0.29, 0.717) is 11.3 Å². The van der Waals surface area contributed by atoms with Crippen molar-refractivity contribution < 1.29 is 17.7 Å². The zero-order chi connectivity index (χ0) is 15.1. The molecule has 1 nitrogen and oxygen atoms in total. The molecule has 10 aliphatic rings. The van der Waals surface area contributed by atoms with E-state index < -0.39 is 8.89 Å². The van der Waals surface area contributed by atoms with Gasteiger partial charge in [0.1, 0.15) is 0 Å². The minimum atomic E-state index is -3.94. The zero-order valence-corrected chi connectivity index (χ0v) is 14.4. The predicted molar refractivity (Wildman–Crippen MR) is 81.1 cm³/mol. The molecule has 0 amide bonds. The molecule has 11 heterocycles. The standard InChI is InChI=1S/C15H10F2N.C5H5.Ti/c16-12-7-8-13(18-9-3-4-10-18)15(17)14(12)11-5-1-2-6-11;1-2-4-5-3-1;/h1-10H;1-5H;. The molecule has 2 aromatic rings.